The van der Waals surface area contributed by atoms with Crippen LogP contribution in [-0.4, -0.2) is 37.0 Å². The minimum absolute atomic E-state index is 0.0556. The molecule has 0 spiro atoms. The molecule has 1 aliphatic heterocycles. The van der Waals surface area contributed by atoms with Gasteiger partial charge in [-0.05, 0) is 74.5 Å². The Morgan fingerprint density at radius 3 is 2.48 bits per heavy atom. The lowest BCUT2D eigenvalue weighted by Gasteiger charge is -2.30. The van der Waals surface area contributed by atoms with Crippen LogP contribution < -0.4 is 10.1 Å². The van der Waals surface area contributed by atoms with Crippen molar-refractivity contribution in [2.75, 3.05) is 26.2 Å². The van der Waals surface area contributed by atoms with E-state index >= 15 is 0 Å². The maximum atomic E-state index is 12.4. The number of aryl methyl sites for hydroxylation is 2. The van der Waals surface area contributed by atoms with Crippen molar-refractivity contribution in [2.24, 2.45) is 0 Å². The first-order valence-corrected chi connectivity index (χ1v) is 10.7. The monoisotopic (exact) mass is 386 g/mol. The first-order valence-electron chi connectivity index (χ1n) is 9.87. The lowest BCUT2D eigenvalue weighted by molar-refractivity contribution is -0.123. The van der Waals surface area contributed by atoms with E-state index in [4.69, 9.17) is 4.74 Å². The fourth-order valence-corrected chi connectivity index (χ4v) is 4.58. The lowest BCUT2D eigenvalue weighted by Crippen LogP contribution is -2.39. The predicted molar refractivity (Wildman–Crippen MR) is 112 cm³/mol. The van der Waals surface area contributed by atoms with Gasteiger partial charge < -0.3 is 10.1 Å². The average Bonchev–Trinajstić information content (AvgIpc) is 3.02. The van der Waals surface area contributed by atoms with Gasteiger partial charge in [0, 0.05) is 11.4 Å². The van der Waals surface area contributed by atoms with Gasteiger partial charge in [-0.25, -0.2) is 0 Å². The molecule has 3 rings (SSSR count). The number of carbonyl (C=O) groups is 1. The summed E-state index contributed by atoms with van der Waals surface area (Å²) in [5.74, 6) is 0.690. The zero-order valence-electron chi connectivity index (χ0n) is 16.4. The van der Waals surface area contributed by atoms with Gasteiger partial charge in [-0.15, -0.1) is 11.3 Å². The molecule has 1 amide bonds. The van der Waals surface area contributed by atoms with Crippen molar-refractivity contribution in [3.05, 3.63) is 51.7 Å². The Morgan fingerprint density at radius 1 is 1.15 bits per heavy atom. The van der Waals surface area contributed by atoms with E-state index in [-0.39, 0.29) is 18.6 Å². The second-order valence-corrected chi connectivity index (χ2v) is 8.38. The van der Waals surface area contributed by atoms with Crippen LogP contribution in [0.2, 0.25) is 0 Å². The van der Waals surface area contributed by atoms with Gasteiger partial charge in [-0.3, -0.25) is 9.69 Å². The summed E-state index contributed by atoms with van der Waals surface area (Å²) in [6.45, 7) is 6.98. The molecule has 4 nitrogen and oxygen atoms in total. The van der Waals surface area contributed by atoms with Gasteiger partial charge in [0.15, 0.2) is 6.61 Å². The summed E-state index contributed by atoms with van der Waals surface area (Å²) in [5.41, 5.74) is 2.29. The third-order valence-corrected chi connectivity index (χ3v) is 5.98. The molecule has 1 aromatic carbocycles. The van der Waals surface area contributed by atoms with E-state index < -0.39 is 0 Å². The minimum atomic E-state index is -0.0643. The minimum Gasteiger partial charge on any atom is -0.484 e. The summed E-state index contributed by atoms with van der Waals surface area (Å²) >= 11 is 1.77. The molecule has 0 bridgehead atoms. The van der Waals surface area contributed by atoms with Gasteiger partial charge in [0.25, 0.3) is 5.91 Å². The third-order valence-electron chi connectivity index (χ3n) is 5.01. The molecule has 5 heteroatoms. The molecule has 2 aromatic rings. The highest BCUT2D eigenvalue weighted by molar-refractivity contribution is 7.10. The molecule has 2 heterocycles. The Morgan fingerprint density at radius 2 is 1.85 bits per heavy atom. The molecular formula is C22H30N2O2S. The van der Waals surface area contributed by atoms with Crippen molar-refractivity contribution < 1.29 is 9.53 Å². The van der Waals surface area contributed by atoms with Crippen molar-refractivity contribution in [1.29, 1.82) is 0 Å². The van der Waals surface area contributed by atoms with E-state index in [0.29, 0.717) is 6.54 Å². The number of benzene rings is 1. The highest BCUT2D eigenvalue weighted by Crippen LogP contribution is 2.27. The number of ether oxygens (including phenoxy) is 1. The van der Waals surface area contributed by atoms with Crippen molar-refractivity contribution in [1.82, 2.24) is 10.2 Å². The second kappa shape index (κ2) is 9.90. The first-order chi connectivity index (χ1) is 13.1. The summed E-state index contributed by atoms with van der Waals surface area (Å²) < 4.78 is 5.69. The number of hydrogen-bond acceptors (Lipinski definition) is 4. The Hall–Kier alpha value is -1.85. The van der Waals surface area contributed by atoms with Crippen molar-refractivity contribution >= 4 is 17.2 Å². The van der Waals surface area contributed by atoms with Crippen LogP contribution in [0.1, 0.15) is 47.7 Å². The molecule has 1 atom stereocenters. The van der Waals surface area contributed by atoms with E-state index in [1.165, 1.54) is 30.6 Å². The van der Waals surface area contributed by atoms with Crippen LogP contribution in [0.4, 0.5) is 0 Å². The Kier molecular flexibility index (Phi) is 7.30. The predicted octanol–water partition coefficient (Wildman–Crippen LogP) is 4.48. The molecule has 1 aliphatic rings. The largest absolute Gasteiger partial charge is 0.484 e. The van der Waals surface area contributed by atoms with Crippen molar-refractivity contribution in [2.45, 2.75) is 45.6 Å². The van der Waals surface area contributed by atoms with Crippen LogP contribution in [-0.2, 0) is 4.79 Å². The fraction of sp³-hybridized carbons (Fsp3) is 0.500. The second-order valence-electron chi connectivity index (χ2n) is 7.40. The summed E-state index contributed by atoms with van der Waals surface area (Å²) in [6.07, 6.45) is 5.10. The Labute approximate surface area is 166 Å². The van der Waals surface area contributed by atoms with Crippen molar-refractivity contribution in [3.63, 3.8) is 0 Å². The maximum absolute atomic E-state index is 12.4. The fourth-order valence-electron chi connectivity index (χ4n) is 3.72. The summed E-state index contributed by atoms with van der Waals surface area (Å²) in [5, 5.41) is 5.21. The average molecular weight is 387 g/mol. The van der Waals surface area contributed by atoms with E-state index in [9.17, 15) is 4.79 Å². The molecule has 1 N–H and O–H groups in total. The number of carbonyl (C=O) groups excluding carboxylic acids is 1. The van der Waals surface area contributed by atoms with Gasteiger partial charge in [-0.1, -0.05) is 25.0 Å². The topological polar surface area (TPSA) is 41.6 Å². The van der Waals surface area contributed by atoms with Gasteiger partial charge >= 0.3 is 0 Å². The van der Waals surface area contributed by atoms with E-state index in [1.807, 2.05) is 26.0 Å². The quantitative estimate of drug-likeness (QED) is 0.763. The third kappa shape index (κ3) is 6.08. The van der Waals surface area contributed by atoms with Gasteiger partial charge in [0.05, 0.1) is 6.04 Å². The van der Waals surface area contributed by atoms with Crippen LogP contribution >= 0.6 is 11.3 Å². The van der Waals surface area contributed by atoms with Gasteiger partial charge in [0.1, 0.15) is 5.75 Å². The highest BCUT2D eigenvalue weighted by atomic mass is 32.1. The SMILES string of the molecule is Cc1cc(C)cc(OCC(=O)NC[C@@H](c2cccs2)N2CCCCCC2)c1. The number of thiophene rings is 1. The highest BCUT2D eigenvalue weighted by Gasteiger charge is 2.23. The van der Waals surface area contributed by atoms with Gasteiger partial charge in [0.2, 0.25) is 0 Å². The normalized spacial score (nSPS) is 16.5. The Bertz CT molecular complexity index is 702. The smallest absolute Gasteiger partial charge is 0.258 e. The molecular weight excluding hydrogens is 356 g/mol. The molecule has 1 aromatic heterocycles. The molecule has 1 saturated heterocycles. The zero-order valence-corrected chi connectivity index (χ0v) is 17.2. The standard InChI is InChI=1S/C22H30N2O2S/c1-17-12-18(2)14-19(13-17)26-16-22(25)23-15-20(21-8-7-11-27-21)24-9-5-3-4-6-10-24/h7-8,11-14,20H,3-6,9-10,15-16H2,1-2H3,(H,23,25)/t20-/m0/s1. The van der Waals surface area contributed by atoms with E-state index in [2.05, 4.69) is 33.8 Å². The van der Waals surface area contributed by atoms with E-state index in [1.54, 1.807) is 11.3 Å². The summed E-state index contributed by atoms with van der Waals surface area (Å²) in [6, 6.07) is 10.6. The van der Waals surface area contributed by atoms with Crippen LogP contribution in [0.25, 0.3) is 0 Å². The maximum Gasteiger partial charge on any atom is 0.258 e. The number of rotatable bonds is 7. The summed E-state index contributed by atoms with van der Waals surface area (Å²) in [4.78, 5) is 16.2. The number of nitrogens with zero attached hydrogens (tertiary/aromatic N) is 1. The van der Waals surface area contributed by atoms with Gasteiger partial charge in [-0.2, -0.15) is 0 Å². The van der Waals surface area contributed by atoms with Crippen LogP contribution in [0.5, 0.6) is 5.75 Å². The number of hydrogen-bond donors (Lipinski definition) is 1. The number of nitrogens with one attached hydrogen (secondary N) is 1. The van der Waals surface area contributed by atoms with Crippen LogP contribution in [0.15, 0.2) is 35.7 Å². The summed E-state index contributed by atoms with van der Waals surface area (Å²) in [7, 11) is 0. The van der Waals surface area contributed by atoms with Crippen molar-refractivity contribution in [3.8, 4) is 5.75 Å². The molecule has 0 saturated carbocycles. The molecule has 1 fully saturated rings. The van der Waals surface area contributed by atoms with Crippen LogP contribution in [0.3, 0.4) is 0 Å². The number of amides is 1. The Balaban J connectivity index is 1.55. The lowest BCUT2D eigenvalue weighted by atomic mass is 10.1. The zero-order chi connectivity index (χ0) is 19.1. The molecule has 146 valence electrons. The van der Waals surface area contributed by atoms with Crippen LogP contribution in [0, 0.1) is 13.8 Å². The molecule has 27 heavy (non-hydrogen) atoms. The molecule has 0 aliphatic carbocycles. The molecule has 0 unspecified atom stereocenters. The molecule has 0 radical (unpaired) electrons. The first kappa shape index (κ1) is 19.9. The number of likely N-dealkylation sites (tertiary alicyclic amines) is 1. The van der Waals surface area contributed by atoms with E-state index in [0.717, 1.165) is 30.0 Å².